The molecule has 0 fully saturated rings. The summed E-state index contributed by atoms with van der Waals surface area (Å²) in [5, 5.41) is 37.9. The van der Waals surface area contributed by atoms with E-state index in [-0.39, 0.29) is 0 Å². The van der Waals surface area contributed by atoms with Gasteiger partial charge in [-0.1, -0.05) is 0 Å². The molecular weight excluding hydrogens is 163 g/mol. The van der Waals surface area contributed by atoms with E-state index in [4.69, 9.17) is 21.0 Å². The van der Waals surface area contributed by atoms with Crippen LogP contribution in [-0.2, 0) is 12.4 Å². The number of hydrogen-bond acceptors (Lipinski definition) is 4. The summed E-state index contributed by atoms with van der Waals surface area (Å²) in [6, 6.07) is 0. The summed E-state index contributed by atoms with van der Waals surface area (Å²) < 4.78 is 0. The Morgan fingerprint density at radius 1 is 0.667 bits per heavy atom. The molecule has 0 aromatic rings. The van der Waals surface area contributed by atoms with E-state index in [1.54, 1.807) is 0 Å². The van der Waals surface area contributed by atoms with Crippen molar-refractivity contribution >= 4 is 0 Å². The molecule has 0 heterocycles. The first-order valence-electron chi connectivity index (χ1n) is 1.53. The summed E-state index contributed by atoms with van der Waals surface area (Å²) in [6.45, 7) is 0. The molecule has 0 radical (unpaired) electrons. The summed E-state index contributed by atoms with van der Waals surface area (Å²) in [6.07, 6.45) is 0. The summed E-state index contributed by atoms with van der Waals surface area (Å²) in [7, 11) is 0. The molecule has 0 amide bonds. The van der Waals surface area contributed by atoms with Crippen molar-refractivity contribution in [3.05, 3.63) is 0 Å². The van der Waals surface area contributed by atoms with Gasteiger partial charge in [-0.3, -0.25) is 0 Å². The van der Waals surface area contributed by atoms with Crippen LogP contribution in [0.2, 0.25) is 0 Å². The SMILES string of the molecule is N#[C][Ni-2]([C]#N)([C]#N)[C]#N. The molecule has 0 saturated heterocycles. The van der Waals surface area contributed by atoms with E-state index < -0.39 is 12.4 Å². The van der Waals surface area contributed by atoms with Gasteiger partial charge in [0, 0.05) is 0 Å². The fraction of sp³-hybridized carbons (Fsp3) is 0. The molecular formula is C4N4Ni-2. The third kappa shape index (κ3) is 1.17. The predicted molar refractivity (Wildman–Crippen MR) is 22.5 cm³/mol. The Labute approximate surface area is 54.2 Å². The second kappa shape index (κ2) is 2.69. The van der Waals surface area contributed by atoms with E-state index in [2.05, 4.69) is 0 Å². The third-order valence-corrected chi connectivity index (χ3v) is 1.75. The van der Waals surface area contributed by atoms with Crippen LogP contribution in [-0.4, -0.2) is 0 Å². The van der Waals surface area contributed by atoms with Crippen molar-refractivity contribution in [2.45, 2.75) is 0 Å². The molecule has 0 aromatic carbocycles. The number of nitrogens with zero attached hydrogens (tertiary/aromatic N) is 4. The van der Waals surface area contributed by atoms with Gasteiger partial charge in [0.05, 0.1) is 0 Å². The molecule has 0 N–H and O–H groups in total. The van der Waals surface area contributed by atoms with Gasteiger partial charge in [0.2, 0.25) is 0 Å². The van der Waals surface area contributed by atoms with Crippen LogP contribution in [0.4, 0.5) is 0 Å². The standard InChI is InChI=1S/4CN.Ni/c4*1-2;/q;;;;-2. The zero-order valence-corrected chi connectivity index (χ0v) is 5.09. The van der Waals surface area contributed by atoms with Gasteiger partial charge in [0.15, 0.2) is 0 Å². The van der Waals surface area contributed by atoms with Crippen LogP contribution in [0.1, 0.15) is 0 Å². The van der Waals surface area contributed by atoms with E-state index in [0.29, 0.717) is 0 Å². The Morgan fingerprint density at radius 3 is 0.889 bits per heavy atom. The van der Waals surface area contributed by atoms with Crippen LogP contribution in [0.15, 0.2) is 0 Å². The van der Waals surface area contributed by atoms with Gasteiger partial charge in [-0.15, -0.1) is 0 Å². The van der Waals surface area contributed by atoms with Crippen molar-refractivity contribution in [2.75, 3.05) is 0 Å². The van der Waals surface area contributed by atoms with Crippen molar-refractivity contribution in [2.24, 2.45) is 0 Å². The molecule has 0 aromatic heterocycles. The van der Waals surface area contributed by atoms with Crippen LogP contribution in [0.3, 0.4) is 0 Å². The second-order valence-electron chi connectivity index (χ2n) is 0.757. The first-order chi connectivity index (χ1) is 4.24. The molecule has 0 rings (SSSR count). The normalized spacial score (nSPS) is 9.33. The van der Waals surface area contributed by atoms with E-state index >= 15 is 0 Å². The van der Waals surface area contributed by atoms with Gasteiger partial charge in [-0.05, 0) is 0 Å². The molecule has 0 aliphatic heterocycles. The molecule has 0 atom stereocenters. The zero-order valence-electron chi connectivity index (χ0n) is 4.11. The molecule has 0 saturated carbocycles. The molecule has 5 heteroatoms. The Hall–Kier alpha value is -1.55. The van der Waals surface area contributed by atoms with Crippen molar-refractivity contribution in [1.29, 1.82) is 21.0 Å². The van der Waals surface area contributed by atoms with Gasteiger partial charge in [0.25, 0.3) is 0 Å². The summed E-state index contributed by atoms with van der Waals surface area (Å²) in [4.78, 5) is 0. The van der Waals surface area contributed by atoms with Crippen LogP contribution < -0.4 is 0 Å². The first-order valence-corrected chi connectivity index (χ1v) is 3.50. The number of nitriles is 4. The Kier molecular flexibility index (Phi) is 2.22. The number of rotatable bonds is 0. The van der Waals surface area contributed by atoms with E-state index in [9.17, 15) is 0 Å². The minimum absolute atomic E-state index is 1.38. The average molecular weight is 163 g/mol. The molecule has 0 bridgehead atoms. The number of hydrogen-bond donors (Lipinski definition) is 0. The first kappa shape index (κ1) is 7.45. The topological polar surface area (TPSA) is 95.2 Å². The van der Waals surface area contributed by atoms with Crippen LogP contribution in [0, 0.1) is 41.2 Å². The second-order valence-corrected chi connectivity index (χ2v) is 3.12. The van der Waals surface area contributed by atoms with E-state index in [1.807, 2.05) is 0 Å². The predicted octanol–water partition coefficient (Wildman–Crippen LogP) is 0.0646. The van der Waals surface area contributed by atoms with Crippen molar-refractivity contribution in [3.8, 4) is 20.2 Å². The van der Waals surface area contributed by atoms with Crippen molar-refractivity contribution in [3.63, 3.8) is 0 Å². The summed E-state index contributed by atoms with van der Waals surface area (Å²) in [5.74, 6) is 0. The average Bonchev–Trinajstić information content (AvgIpc) is 1.95. The van der Waals surface area contributed by atoms with Crippen molar-refractivity contribution in [1.82, 2.24) is 0 Å². The maximum absolute atomic E-state index is 8.10. The van der Waals surface area contributed by atoms with Crippen molar-refractivity contribution < 1.29 is 12.4 Å². The Balaban J connectivity index is 4.84. The fourth-order valence-corrected chi connectivity index (χ4v) is 0.391. The van der Waals surface area contributed by atoms with E-state index in [0.717, 1.165) is 0 Å². The molecule has 48 valence electrons. The molecule has 0 aliphatic carbocycles. The van der Waals surface area contributed by atoms with Crippen LogP contribution in [0.5, 0.6) is 0 Å². The van der Waals surface area contributed by atoms with Crippen LogP contribution in [0.25, 0.3) is 0 Å². The van der Waals surface area contributed by atoms with Gasteiger partial charge >= 0.3 is 53.6 Å². The quantitative estimate of drug-likeness (QED) is 0.471. The Morgan fingerprint density at radius 2 is 0.889 bits per heavy atom. The monoisotopic (exact) mass is 162 g/mol. The summed E-state index contributed by atoms with van der Waals surface area (Å²) >= 11 is -3.03. The minimum atomic E-state index is -3.03. The molecule has 9 heavy (non-hydrogen) atoms. The van der Waals surface area contributed by atoms with Gasteiger partial charge < -0.3 is 0 Å². The molecule has 0 unspecified atom stereocenters. The molecule has 0 spiro atoms. The fourth-order valence-electron chi connectivity index (χ4n) is 0.0949. The summed E-state index contributed by atoms with van der Waals surface area (Å²) in [5.41, 5.74) is 0. The third-order valence-electron chi connectivity index (χ3n) is 0.424. The maximum atomic E-state index is 8.10. The molecule has 0 aliphatic rings. The van der Waals surface area contributed by atoms with Crippen LogP contribution >= 0.6 is 0 Å². The zero-order chi connectivity index (χ0) is 7.33. The Bertz CT molecular complexity index is 205. The van der Waals surface area contributed by atoms with E-state index in [1.165, 1.54) is 20.2 Å². The van der Waals surface area contributed by atoms with Gasteiger partial charge in [-0.2, -0.15) is 0 Å². The molecule has 4 nitrogen and oxygen atoms in total. The van der Waals surface area contributed by atoms with Gasteiger partial charge in [-0.25, -0.2) is 0 Å². The van der Waals surface area contributed by atoms with Gasteiger partial charge in [0.1, 0.15) is 0 Å².